The van der Waals surface area contributed by atoms with Crippen LogP contribution in [0.15, 0.2) is 28.7 Å². The van der Waals surface area contributed by atoms with E-state index in [9.17, 15) is 14.7 Å². The van der Waals surface area contributed by atoms with E-state index >= 15 is 0 Å². The van der Waals surface area contributed by atoms with Gasteiger partial charge < -0.3 is 14.6 Å². The topological polar surface area (TPSA) is 76.1 Å². The smallest absolute Gasteiger partial charge is 0.465 e. The Morgan fingerprint density at radius 3 is 2.48 bits per heavy atom. The fraction of sp³-hybridized carbons (Fsp3) is 0.529. The molecular formula is C17H17BrCl3NO5. The summed E-state index contributed by atoms with van der Waals surface area (Å²) in [6, 6.07) is 7.15. The number of hydrogen-bond donors (Lipinski definition) is 1. The minimum atomic E-state index is -1.75. The van der Waals surface area contributed by atoms with Gasteiger partial charge in [0.25, 0.3) is 0 Å². The van der Waals surface area contributed by atoms with Crippen LogP contribution in [0.25, 0.3) is 0 Å². The number of carbonyl (C=O) groups excluding carboxylic acids is 1. The summed E-state index contributed by atoms with van der Waals surface area (Å²) in [5.74, 6) is -0.147. The molecule has 0 aliphatic carbocycles. The third kappa shape index (κ3) is 4.94. The molecule has 6 nitrogen and oxygen atoms in total. The zero-order valence-corrected chi connectivity index (χ0v) is 17.8. The van der Waals surface area contributed by atoms with E-state index in [2.05, 4.69) is 15.9 Å². The van der Waals surface area contributed by atoms with Crippen molar-refractivity contribution >= 4 is 63.0 Å². The van der Waals surface area contributed by atoms with Crippen molar-refractivity contribution in [1.29, 1.82) is 0 Å². The van der Waals surface area contributed by atoms with Crippen LogP contribution in [0.3, 0.4) is 0 Å². The Hall–Kier alpha value is -0.890. The van der Waals surface area contributed by atoms with E-state index < -0.39 is 34.8 Å². The second-order valence-electron chi connectivity index (χ2n) is 6.62. The first-order valence-electron chi connectivity index (χ1n) is 8.32. The molecule has 4 atom stereocenters. The number of carbonyl (C=O) groups is 2. The van der Waals surface area contributed by atoms with Crippen molar-refractivity contribution in [2.45, 2.75) is 47.2 Å². The molecule has 2 fully saturated rings. The van der Waals surface area contributed by atoms with Crippen LogP contribution in [0, 0.1) is 0 Å². The third-order valence-electron chi connectivity index (χ3n) is 4.95. The average molecular weight is 502 g/mol. The number of hydrogen-bond acceptors (Lipinski definition) is 4. The summed E-state index contributed by atoms with van der Waals surface area (Å²) < 4.78 is 9.60. The van der Waals surface area contributed by atoms with Crippen molar-refractivity contribution in [3.8, 4) is 0 Å². The molecule has 0 aromatic heterocycles. The molecule has 3 rings (SSSR count). The first-order chi connectivity index (χ1) is 12.7. The predicted octanol–water partition coefficient (Wildman–Crippen LogP) is 5.34. The Balaban J connectivity index is 1.82. The van der Waals surface area contributed by atoms with Gasteiger partial charge in [0.15, 0.2) is 0 Å². The van der Waals surface area contributed by atoms with Crippen LogP contribution in [0.5, 0.6) is 0 Å². The summed E-state index contributed by atoms with van der Waals surface area (Å²) in [7, 11) is 0. The minimum absolute atomic E-state index is 0.0989. The highest BCUT2D eigenvalue weighted by molar-refractivity contribution is 9.10. The molecule has 10 heteroatoms. The molecule has 0 saturated carbocycles. The van der Waals surface area contributed by atoms with Crippen molar-refractivity contribution < 1.29 is 24.2 Å². The highest BCUT2D eigenvalue weighted by atomic mass is 79.9. The maximum absolute atomic E-state index is 12.1. The van der Waals surface area contributed by atoms with Gasteiger partial charge in [0, 0.05) is 16.4 Å². The lowest BCUT2D eigenvalue weighted by Crippen LogP contribution is -2.54. The number of fused-ring (bicyclic) bond motifs is 2. The molecule has 1 aromatic rings. The van der Waals surface area contributed by atoms with Crippen molar-refractivity contribution in [1.82, 2.24) is 4.90 Å². The van der Waals surface area contributed by atoms with E-state index in [1.807, 2.05) is 24.3 Å². The number of piperidine rings is 1. The molecule has 0 spiro atoms. The molecule has 0 radical (unpaired) electrons. The van der Waals surface area contributed by atoms with Gasteiger partial charge in [0.05, 0.1) is 6.04 Å². The molecule has 2 aliphatic heterocycles. The Morgan fingerprint density at radius 1 is 1.22 bits per heavy atom. The van der Waals surface area contributed by atoms with Crippen molar-refractivity contribution in [3.05, 3.63) is 34.3 Å². The Labute approximate surface area is 179 Å². The highest BCUT2D eigenvalue weighted by Gasteiger charge is 2.51. The van der Waals surface area contributed by atoms with Gasteiger partial charge in [-0.15, -0.1) is 0 Å². The van der Waals surface area contributed by atoms with Crippen molar-refractivity contribution in [3.63, 3.8) is 0 Å². The summed E-state index contributed by atoms with van der Waals surface area (Å²) in [4.78, 5) is 25.2. The highest BCUT2D eigenvalue weighted by Crippen LogP contribution is 2.45. The number of halogens is 4. The SMILES string of the molecule is O=C(OCC(Cl)(Cl)Cl)OC1C(c2ccc(Br)cc2)CC2CCC1N2C(=O)O. The summed E-state index contributed by atoms with van der Waals surface area (Å²) in [6.07, 6.45) is -0.764. The average Bonchev–Trinajstić information content (AvgIpc) is 2.92. The van der Waals surface area contributed by atoms with E-state index in [1.54, 1.807) is 0 Å². The van der Waals surface area contributed by atoms with Gasteiger partial charge in [0.1, 0.15) is 12.7 Å². The van der Waals surface area contributed by atoms with Gasteiger partial charge in [-0.3, -0.25) is 4.90 Å². The number of rotatable bonds is 3. The Kier molecular flexibility index (Phi) is 6.35. The molecule has 2 saturated heterocycles. The lowest BCUT2D eigenvalue weighted by atomic mass is 9.82. The molecule has 1 aromatic carbocycles. The van der Waals surface area contributed by atoms with Gasteiger partial charge in [0.2, 0.25) is 3.79 Å². The minimum Gasteiger partial charge on any atom is -0.465 e. The number of ether oxygens (including phenoxy) is 2. The van der Waals surface area contributed by atoms with E-state index in [0.29, 0.717) is 12.8 Å². The maximum atomic E-state index is 12.1. The third-order valence-corrected chi connectivity index (χ3v) is 5.81. The van der Waals surface area contributed by atoms with Crippen LogP contribution in [0.4, 0.5) is 9.59 Å². The lowest BCUT2D eigenvalue weighted by Gasteiger charge is -2.42. The first-order valence-corrected chi connectivity index (χ1v) is 10.3. The molecule has 1 amide bonds. The van der Waals surface area contributed by atoms with Gasteiger partial charge >= 0.3 is 12.2 Å². The second-order valence-corrected chi connectivity index (χ2v) is 10.1. The molecule has 2 heterocycles. The van der Waals surface area contributed by atoms with E-state index in [4.69, 9.17) is 44.3 Å². The molecular weight excluding hydrogens is 484 g/mol. The van der Waals surface area contributed by atoms with Crippen molar-refractivity contribution in [2.75, 3.05) is 6.61 Å². The maximum Gasteiger partial charge on any atom is 0.508 e. The van der Waals surface area contributed by atoms with Crippen LogP contribution < -0.4 is 0 Å². The van der Waals surface area contributed by atoms with Crippen LogP contribution >= 0.6 is 50.7 Å². The first kappa shape index (κ1) is 20.8. The number of nitrogens with zero attached hydrogens (tertiary/aromatic N) is 1. The van der Waals surface area contributed by atoms with Crippen molar-refractivity contribution in [2.24, 2.45) is 0 Å². The van der Waals surface area contributed by atoms with Gasteiger partial charge in [-0.05, 0) is 37.0 Å². The molecule has 4 unspecified atom stereocenters. The number of benzene rings is 1. The molecule has 27 heavy (non-hydrogen) atoms. The van der Waals surface area contributed by atoms with Crippen LogP contribution in [-0.4, -0.2) is 50.8 Å². The summed E-state index contributed by atoms with van der Waals surface area (Å²) in [5, 5.41) is 9.57. The quantitative estimate of drug-likeness (QED) is 0.447. The number of alkyl halides is 3. The zero-order chi connectivity index (χ0) is 19.8. The Bertz CT molecular complexity index is 712. The van der Waals surface area contributed by atoms with E-state index in [1.165, 1.54) is 4.90 Å². The fourth-order valence-corrected chi connectivity index (χ4v) is 4.37. The van der Waals surface area contributed by atoms with Crippen LogP contribution in [0.1, 0.15) is 30.7 Å². The largest absolute Gasteiger partial charge is 0.508 e. The van der Waals surface area contributed by atoms with Crippen LogP contribution in [0.2, 0.25) is 0 Å². The number of carboxylic acid groups (broad SMARTS) is 1. The standard InChI is InChI=1S/C17H17BrCl3NO5/c18-10-3-1-9(2-4-10)12-7-11-5-6-13(22(11)15(23)24)14(12)27-16(25)26-8-17(19,20)21/h1-4,11-14H,5-8H2,(H,23,24). The Morgan fingerprint density at radius 2 is 1.89 bits per heavy atom. The van der Waals surface area contributed by atoms with Gasteiger partial charge in [-0.2, -0.15) is 0 Å². The zero-order valence-electron chi connectivity index (χ0n) is 14.0. The van der Waals surface area contributed by atoms with Gasteiger partial charge in [-0.1, -0.05) is 62.9 Å². The summed E-state index contributed by atoms with van der Waals surface area (Å²) >= 11 is 20.2. The lowest BCUT2D eigenvalue weighted by molar-refractivity contribution is -0.0383. The second kappa shape index (κ2) is 8.23. The monoisotopic (exact) mass is 499 g/mol. The fourth-order valence-electron chi connectivity index (χ4n) is 3.94. The summed E-state index contributed by atoms with van der Waals surface area (Å²) in [5.41, 5.74) is 0.972. The predicted molar refractivity (Wildman–Crippen MR) is 105 cm³/mol. The van der Waals surface area contributed by atoms with Gasteiger partial charge in [-0.25, -0.2) is 9.59 Å². The van der Waals surface area contributed by atoms with Crippen LogP contribution in [-0.2, 0) is 9.47 Å². The normalized spacial score (nSPS) is 27.3. The molecule has 1 N–H and O–H groups in total. The molecule has 2 bridgehead atoms. The number of amides is 1. The molecule has 2 aliphatic rings. The molecule has 148 valence electrons. The van der Waals surface area contributed by atoms with E-state index in [0.717, 1.165) is 16.5 Å². The summed E-state index contributed by atoms with van der Waals surface area (Å²) in [6.45, 7) is -0.456. The van der Waals surface area contributed by atoms with E-state index in [-0.39, 0.29) is 12.0 Å².